The molecule has 0 aliphatic carbocycles. The molecular formula is C40H36N4O7S. The second kappa shape index (κ2) is 15.3. The molecule has 1 atom stereocenters. The predicted octanol–water partition coefficient (Wildman–Crippen LogP) is 5.62. The average Bonchev–Trinajstić information content (AvgIpc) is 3.70. The first-order valence-electron chi connectivity index (χ1n) is 16.3. The number of aryl methyl sites for hydroxylation is 1. The monoisotopic (exact) mass is 716 g/mol. The Labute approximate surface area is 303 Å². The van der Waals surface area contributed by atoms with Gasteiger partial charge in [-0.1, -0.05) is 60.9 Å². The van der Waals surface area contributed by atoms with Gasteiger partial charge in [0.2, 0.25) is 0 Å². The number of aromatic nitrogens is 3. The predicted molar refractivity (Wildman–Crippen MR) is 199 cm³/mol. The molecule has 0 amide bonds. The van der Waals surface area contributed by atoms with Gasteiger partial charge in [0.1, 0.15) is 24.7 Å². The Morgan fingerprint density at radius 3 is 2.40 bits per heavy atom. The van der Waals surface area contributed by atoms with Crippen molar-refractivity contribution in [2.24, 2.45) is 4.99 Å². The second-order valence-electron chi connectivity index (χ2n) is 11.8. The number of nitrogens with zero attached hydrogens (tertiary/aromatic N) is 4. The molecule has 2 aromatic heterocycles. The number of esters is 2. The van der Waals surface area contributed by atoms with Gasteiger partial charge in [-0.3, -0.25) is 14.2 Å². The van der Waals surface area contributed by atoms with Crippen molar-refractivity contribution in [2.45, 2.75) is 26.8 Å². The zero-order chi connectivity index (χ0) is 36.9. The number of hydrogen-bond acceptors (Lipinski definition) is 10. The molecule has 0 saturated heterocycles. The van der Waals surface area contributed by atoms with E-state index in [2.05, 4.69) is 13.2 Å². The van der Waals surface area contributed by atoms with E-state index >= 15 is 0 Å². The molecular weight excluding hydrogens is 681 g/mol. The summed E-state index contributed by atoms with van der Waals surface area (Å²) in [5, 5.41) is 4.95. The van der Waals surface area contributed by atoms with Crippen molar-refractivity contribution in [3.05, 3.63) is 146 Å². The smallest absolute Gasteiger partial charge is 0.338 e. The zero-order valence-electron chi connectivity index (χ0n) is 29.1. The van der Waals surface area contributed by atoms with E-state index < -0.39 is 18.0 Å². The van der Waals surface area contributed by atoms with Crippen LogP contribution in [0.25, 0.3) is 23.0 Å². The van der Waals surface area contributed by atoms with E-state index in [1.54, 1.807) is 42.0 Å². The Morgan fingerprint density at radius 1 is 0.962 bits per heavy atom. The molecule has 1 aliphatic rings. The normalized spacial score (nSPS) is 13.9. The van der Waals surface area contributed by atoms with Gasteiger partial charge >= 0.3 is 11.9 Å². The highest BCUT2D eigenvalue weighted by Gasteiger charge is 2.34. The summed E-state index contributed by atoms with van der Waals surface area (Å²) >= 11 is 1.19. The Bertz CT molecular complexity index is 2420. The van der Waals surface area contributed by atoms with Crippen LogP contribution in [0, 0.1) is 6.92 Å². The lowest BCUT2D eigenvalue weighted by atomic mass is 9.95. The summed E-state index contributed by atoms with van der Waals surface area (Å²) in [6, 6.07) is 19.4. The van der Waals surface area contributed by atoms with Crippen LogP contribution < -0.4 is 29.1 Å². The van der Waals surface area contributed by atoms with Gasteiger partial charge in [-0.05, 0) is 73.5 Å². The highest BCUT2D eigenvalue weighted by atomic mass is 32.1. The lowest BCUT2D eigenvalue weighted by molar-refractivity contribution is -0.138. The Balaban J connectivity index is 1.54. The van der Waals surface area contributed by atoms with Crippen LogP contribution in [0.15, 0.2) is 119 Å². The first kappa shape index (κ1) is 35.6. The first-order chi connectivity index (χ1) is 25.1. The van der Waals surface area contributed by atoms with Crippen molar-refractivity contribution in [2.75, 3.05) is 20.3 Å². The highest BCUT2D eigenvalue weighted by Crippen LogP contribution is 2.36. The van der Waals surface area contributed by atoms with E-state index in [9.17, 15) is 14.4 Å². The van der Waals surface area contributed by atoms with Crippen LogP contribution >= 0.6 is 11.3 Å². The number of carbonyl (C=O) groups excluding carboxylic acids is 2. The highest BCUT2D eigenvalue weighted by molar-refractivity contribution is 7.07. The zero-order valence-corrected chi connectivity index (χ0v) is 29.9. The van der Waals surface area contributed by atoms with Crippen LogP contribution in [0.3, 0.4) is 0 Å². The van der Waals surface area contributed by atoms with E-state index in [4.69, 9.17) is 29.0 Å². The minimum atomic E-state index is -0.937. The summed E-state index contributed by atoms with van der Waals surface area (Å²) in [4.78, 5) is 44.9. The largest absolute Gasteiger partial charge is 0.493 e. The third-order valence-corrected chi connectivity index (χ3v) is 9.17. The number of allylic oxidation sites excluding steroid dienone is 1. The molecule has 264 valence electrons. The van der Waals surface area contributed by atoms with Gasteiger partial charge in [0.25, 0.3) is 5.56 Å². The fourth-order valence-electron chi connectivity index (χ4n) is 5.88. The van der Waals surface area contributed by atoms with Crippen LogP contribution in [0.1, 0.15) is 36.6 Å². The average molecular weight is 717 g/mol. The third-order valence-electron chi connectivity index (χ3n) is 8.19. The van der Waals surface area contributed by atoms with Crippen molar-refractivity contribution in [3.63, 3.8) is 0 Å². The van der Waals surface area contributed by atoms with Crippen LogP contribution in [0.2, 0.25) is 0 Å². The quantitative estimate of drug-likeness (QED) is 0.0926. The topological polar surface area (TPSA) is 123 Å². The van der Waals surface area contributed by atoms with Gasteiger partial charge in [-0.25, -0.2) is 14.5 Å². The fourth-order valence-corrected chi connectivity index (χ4v) is 6.92. The maximum Gasteiger partial charge on any atom is 0.338 e. The standard InChI is InChI=1S/C40H36N4O7S/c1-7-18-49-31-16-14-27(20-24(31)3)36-29(23-43(42-36)30-12-10-9-11-13-30)22-34-38(46)44-37(28-15-17-32(51-26(5)45)33(21-28)48-6)35(39(47)50-19-8-2)25(4)41-40(44)52-34/h7-17,20-23,37H,1-2,18-19H2,3-6H3. The van der Waals surface area contributed by atoms with E-state index in [0.29, 0.717) is 38.5 Å². The van der Waals surface area contributed by atoms with Gasteiger partial charge < -0.3 is 18.9 Å². The summed E-state index contributed by atoms with van der Waals surface area (Å²) in [7, 11) is 1.44. The summed E-state index contributed by atoms with van der Waals surface area (Å²) in [5.41, 5.74) is 4.65. The van der Waals surface area contributed by atoms with Crippen molar-refractivity contribution in [1.82, 2.24) is 14.3 Å². The number of ether oxygens (including phenoxy) is 4. The number of benzene rings is 3. The lowest BCUT2D eigenvalue weighted by Crippen LogP contribution is -2.40. The number of rotatable bonds is 12. The molecule has 0 spiro atoms. The van der Waals surface area contributed by atoms with Gasteiger partial charge in [0, 0.05) is 24.2 Å². The first-order valence-corrected chi connectivity index (χ1v) is 17.1. The number of fused-ring (bicyclic) bond motifs is 1. The van der Waals surface area contributed by atoms with Crippen molar-refractivity contribution in [1.29, 1.82) is 0 Å². The summed E-state index contributed by atoms with van der Waals surface area (Å²) in [5.74, 6) is 0.00577. The van der Waals surface area contributed by atoms with Crippen molar-refractivity contribution in [3.8, 4) is 34.2 Å². The van der Waals surface area contributed by atoms with E-state index in [1.165, 1.54) is 36.0 Å². The molecule has 5 aromatic rings. The molecule has 3 heterocycles. The second-order valence-corrected chi connectivity index (χ2v) is 12.8. The molecule has 0 radical (unpaired) electrons. The Morgan fingerprint density at radius 2 is 1.71 bits per heavy atom. The minimum Gasteiger partial charge on any atom is -0.493 e. The molecule has 52 heavy (non-hydrogen) atoms. The van der Waals surface area contributed by atoms with Gasteiger partial charge in [0.15, 0.2) is 16.3 Å². The molecule has 0 fully saturated rings. The molecule has 11 nitrogen and oxygen atoms in total. The van der Waals surface area contributed by atoms with E-state index in [-0.39, 0.29) is 29.2 Å². The molecule has 0 bridgehead atoms. The number of hydrogen-bond donors (Lipinski definition) is 0. The number of thiazole rings is 1. The molecule has 0 N–H and O–H groups in total. The van der Waals surface area contributed by atoms with Crippen LogP contribution in [0.5, 0.6) is 17.2 Å². The van der Waals surface area contributed by atoms with Gasteiger partial charge in [-0.15, -0.1) is 0 Å². The van der Waals surface area contributed by atoms with Gasteiger partial charge in [-0.2, -0.15) is 5.10 Å². The molecule has 1 aliphatic heterocycles. The number of methoxy groups -OCH3 is 1. The molecule has 1 unspecified atom stereocenters. The van der Waals surface area contributed by atoms with E-state index in [0.717, 1.165) is 22.6 Å². The molecule has 6 rings (SSSR count). The Hall–Kier alpha value is -6.27. The molecule has 0 saturated carbocycles. The number of carbonyl (C=O) groups is 2. The fraction of sp³-hybridized carbons (Fsp3) is 0.175. The number of para-hydroxylation sites is 1. The SMILES string of the molecule is C=CCOC(=O)C1=C(C)N=c2sc(=Cc3cn(-c4ccccc4)nc3-c3ccc(OCC=C)c(C)c3)c(=O)n2C1c1ccc(OC(C)=O)c(OC)c1. The maximum atomic E-state index is 14.5. The van der Waals surface area contributed by atoms with Crippen molar-refractivity contribution >= 4 is 29.4 Å². The third kappa shape index (κ3) is 7.14. The molecule has 12 heteroatoms. The van der Waals surface area contributed by atoms with E-state index in [1.807, 2.05) is 61.7 Å². The van der Waals surface area contributed by atoms with Crippen LogP contribution in [-0.2, 0) is 14.3 Å². The molecule has 3 aromatic carbocycles. The summed E-state index contributed by atoms with van der Waals surface area (Å²) < 4.78 is 25.8. The Kier molecular flexibility index (Phi) is 10.5. The minimum absolute atomic E-state index is 0.0313. The van der Waals surface area contributed by atoms with Crippen LogP contribution in [0.4, 0.5) is 0 Å². The maximum absolute atomic E-state index is 14.5. The lowest BCUT2D eigenvalue weighted by Gasteiger charge is -2.25. The summed E-state index contributed by atoms with van der Waals surface area (Å²) in [6.45, 7) is 12.7. The van der Waals surface area contributed by atoms with Gasteiger partial charge in [0.05, 0.1) is 34.6 Å². The van der Waals surface area contributed by atoms with Crippen molar-refractivity contribution < 1.29 is 28.5 Å². The van der Waals surface area contributed by atoms with Crippen LogP contribution in [-0.4, -0.2) is 46.6 Å². The summed E-state index contributed by atoms with van der Waals surface area (Å²) in [6.07, 6.45) is 6.82.